The zero-order valence-corrected chi connectivity index (χ0v) is 18.8. The molecule has 0 saturated carbocycles. The van der Waals surface area contributed by atoms with Crippen LogP contribution in [0.1, 0.15) is 29.5 Å². The highest BCUT2D eigenvalue weighted by atomic mass is 31.1. The van der Waals surface area contributed by atoms with Crippen LogP contribution in [0.2, 0.25) is 0 Å². The zero-order chi connectivity index (χ0) is 22.0. The molecule has 1 heterocycles. The first-order chi connectivity index (χ1) is 16.3. The second-order valence-corrected chi connectivity index (χ2v) is 9.34. The maximum absolute atomic E-state index is 11.7. The zero-order valence-electron chi connectivity index (χ0n) is 17.8. The molecule has 0 aromatic heterocycles. The van der Waals surface area contributed by atoms with Crippen molar-refractivity contribution in [2.75, 3.05) is 0 Å². The van der Waals surface area contributed by atoms with Gasteiger partial charge >= 0.3 is 0 Å². The van der Waals surface area contributed by atoms with Gasteiger partial charge in [-0.25, -0.2) is 0 Å². The van der Waals surface area contributed by atoms with E-state index in [0.29, 0.717) is 5.76 Å². The highest BCUT2D eigenvalue weighted by Gasteiger charge is 2.54. The van der Waals surface area contributed by atoms with Gasteiger partial charge in [-0.2, -0.15) is 0 Å². The SMILES string of the molecule is OC1=Cc2c(-c3ccccc3)ccc3c2C12C=C(c1ccccc1)C1=CCCC(=C12)OPO3. The van der Waals surface area contributed by atoms with E-state index in [-0.39, 0.29) is 9.03 Å². The molecule has 3 aliphatic carbocycles. The van der Waals surface area contributed by atoms with Crippen molar-refractivity contribution in [3.63, 3.8) is 0 Å². The minimum Gasteiger partial charge on any atom is -0.511 e. The molecule has 4 aliphatic rings. The van der Waals surface area contributed by atoms with Crippen LogP contribution in [0.25, 0.3) is 22.8 Å². The van der Waals surface area contributed by atoms with Gasteiger partial charge in [0.2, 0.25) is 0 Å². The van der Waals surface area contributed by atoms with Crippen molar-refractivity contribution in [3.05, 3.63) is 124 Å². The first-order valence-corrected chi connectivity index (χ1v) is 12.0. The molecule has 1 N–H and O–H groups in total. The molecule has 3 aromatic rings. The normalized spacial score (nSPS) is 22.8. The molecule has 160 valence electrons. The maximum atomic E-state index is 11.7. The molecule has 33 heavy (non-hydrogen) atoms. The summed E-state index contributed by atoms with van der Waals surface area (Å²) >= 11 is 0. The number of hydrogen-bond acceptors (Lipinski definition) is 3. The van der Waals surface area contributed by atoms with Gasteiger partial charge in [-0.1, -0.05) is 78.9 Å². The predicted molar refractivity (Wildman–Crippen MR) is 133 cm³/mol. The molecule has 3 nitrogen and oxygen atoms in total. The van der Waals surface area contributed by atoms with Crippen LogP contribution in [-0.2, 0) is 9.94 Å². The van der Waals surface area contributed by atoms with E-state index in [4.69, 9.17) is 9.05 Å². The molecule has 0 radical (unpaired) electrons. The maximum Gasteiger partial charge on any atom is 0.275 e. The summed E-state index contributed by atoms with van der Waals surface area (Å²) in [5.74, 6) is 2.02. The van der Waals surface area contributed by atoms with Crippen LogP contribution >= 0.6 is 9.03 Å². The quantitative estimate of drug-likeness (QED) is 0.413. The number of hydrogen-bond donors (Lipinski definition) is 1. The average molecular weight is 448 g/mol. The van der Waals surface area contributed by atoms with Gasteiger partial charge in [0, 0.05) is 17.6 Å². The van der Waals surface area contributed by atoms with E-state index >= 15 is 0 Å². The van der Waals surface area contributed by atoms with Gasteiger partial charge in [0.05, 0.1) is 0 Å². The summed E-state index contributed by atoms with van der Waals surface area (Å²) in [6, 6.07) is 24.9. The smallest absolute Gasteiger partial charge is 0.275 e. The molecule has 1 spiro atoms. The Morgan fingerprint density at radius 3 is 2.36 bits per heavy atom. The molecule has 2 atom stereocenters. The van der Waals surface area contributed by atoms with Gasteiger partial charge in [-0.15, -0.1) is 0 Å². The van der Waals surface area contributed by atoms with E-state index in [2.05, 4.69) is 54.6 Å². The summed E-state index contributed by atoms with van der Waals surface area (Å²) in [6.07, 6.45) is 8.18. The lowest BCUT2D eigenvalue weighted by molar-refractivity contribution is 0.336. The van der Waals surface area contributed by atoms with Crippen molar-refractivity contribution in [1.82, 2.24) is 0 Å². The first kappa shape index (κ1) is 19.0. The Hall–Kier alpha value is -3.55. The number of allylic oxidation sites excluding steroid dienone is 5. The fourth-order valence-corrected chi connectivity index (χ4v) is 6.34. The third kappa shape index (κ3) is 2.54. The Kier molecular flexibility index (Phi) is 4.01. The van der Waals surface area contributed by atoms with E-state index in [9.17, 15) is 5.11 Å². The molecular weight excluding hydrogens is 427 g/mol. The lowest BCUT2D eigenvalue weighted by Gasteiger charge is -2.34. The first-order valence-electron chi connectivity index (χ1n) is 11.2. The summed E-state index contributed by atoms with van der Waals surface area (Å²) in [4.78, 5) is 0. The van der Waals surface area contributed by atoms with Crippen molar-refractivity contribution in [2.24, 2.45) is 0 Å². The standard InChI is InChI=1S/C29H21O3P/c30-26-16-22-20(18-8-3-1-4-9-18)14-15-25-28(22)29(26)17-23(19-10-5-2-6-11-19)21-12-7-13-24(27(21)29)31-33-32-25/h1-6,8-12,14-17,30,33H,7,13H2. The van der Waals surface area contributed by atoms with E-state index < -0.39 is 5.41 Å². The second-order valence-electron chi connectivity index (χ2n) is 8.77. The van der Waals surface area contributed by atoms with Gasteiger partial charge < -0.3 is 14.2 Å². The van der Waals surface area contributed by atoms with Crippen LogP contribution in [0, 0.1) is 0 Å². The Balaban J connectivity index is 1.57. The van der Waals surface area contributed by atoms with Crippen molar-refractivity contribution < 1.29 is 14.2 Å². The van der Waals surface area contributed by atoms with Crippen molar-refractivity contribution in [2.45, 2.75) is 18.3 Å². The molecule has 1 aliphatic heterocycles. The Labute approximate surface area is 194 Å². The summed E-state index contributed by atoms with van der Waals surface area (Å²) in [5, 5.41) is 11.7. The van der Waals surface area contributed by atoms with Gasteiger partial charge in [0.25, 0.3) is 9.03 Å². The monoisotopic (exact) mass is 448 g/mol. The molecule has 4 heteroatoms. The summed E-state index contributed by atoms with van der Waals surface area (Å²) in [6.45, 7) is 0. The highest BCUT2D eigenvalue weighted by molar-refractivity contribution is 7.26. The van der Waals surface area contributed by atoms with Crippen LogP contribution in [0.3, 0.4) is 0 Å². The molecule has 2 unspecified atom stereocenters. The Morgan fingerprint density at radius 1 is 0.818 bits per heavy atom. The number of benzene rings is 3. The Morgan fingerprint density at radius 2 is 1.58 bits per heavy atom. The predicted octanol–water partition coefficient (Wildman–Crippen LogP) is 7.49. The molecule has 7 rings (SSSR count). The molecule has 0 bridgehead atoms. The third-order valence-electron chi connectivity index (χ3n) is 7.09. The van der Waals surface area contributed by atoms with Gasteiger partial charge in [0.1, 0.15) is 22.7 Å². The Bertz CT molecular complexity index is 1430. The van der Waals surface area contributed by atoms with Gasteiger partial charge in [-0.3, -0.25) is 0 Å². The second kappa shape index (κ2) is 6.97. The molecular formula is C29H21O3P. The van der Waals surface area contributed by atoms with Crippen molar-refractivity contribution in [1.29, 1.82) is 0 Å². The third-order valence-corrected chi connectivity index (χ3v) is 7.72. The van der Waals surface area contributed by atoms with Crippen LogP contribution in [0.4, 0.5) is 0 Å². The van der Waals surface area contributed by atoms with E-state index in [1.165, 1.54) is 0 Å². The topological polar surface area (TPSA) is 38.7 Å². The van der Waals surface area contributed by atoms with Crippen molar-refractivity contribution in [3.8, 4) is 16.9 Å². The molecule has 3 aromatic carbocycles. The lowest BCUT2D eigenvalue weighted by atomic mass is 9.73. The minimum atomic E-state index is -0.798. The van der Waals surface area contributed by atoms with E-state index in [1.54, 1.807) is 0 Å². The number of aliphatic hydroxyl groups is 1. The van der Waals surface area contributed by atoms with Crippen LogP contribution in [0.15, 0.2) is 108 Å². The van der Waals surface area contributed by atoms with Crippen molar-refractivity contribution >= 4 is 20.7 Å². The fourth-order valence-electron chi connectivity index (χ4n) is 5.73. The van der Waals surface area contributed by atoms with Crippen LogP contribution in [-0.4, -0.2) is 5.11 Å². The number of rotatable bonds is 2. The van der Waals surface area contributed by atoms with Crippen LogP contribution < -0.4 is 4.52 Å². The minimum absolute atomic E-state index is 0.114. The lowest BCUT2D eigenvalue weighted by Crippen LogP contribution is -2.28. The number of aliphatic hydroxyl groups excluding tert-OH is 1. The molecule has 0 fully saturated rings. The van der Waals surface area contributed by atoms with Gasteiger partial charge in [-0.05, 0) is 52.0 Å². The van der Waals surface area contributed by atoms with E-state index in [1.807, 2.05) is 36.4 Å². The van der Waals surface area contributed by atoms with Gasteiger partial charge in [0.15, 0.2) is 0 Å². The molecule has 0 amide bonds. The largest absolute Gasteiger partial charge is 0.511 e. The summed E-state index contributed by atoms with van der Waals surface area (Å²) in [7, 11) is -0.114. The highest BCUT2D eigenvalue weighted by Crippen LogP contribution is 2.63. The molecule has 0 saturated heterocycles. The summed E-state index contributed by atoms with van der Waals surface area (Å²) in [5.41, 5.74) is 7.97. The summed E-state index contributed by atoms with van der Waals surface area (Å²) < 4.78 is 12.4. The average Bonchev–Trinajstić information content (AvgIpc) is 3.35. The van der Waals surface area contributed by atoms with E-state index in [0.717, 1.165) is 68.9 Å². The fraction of sp³-hybridized carbons (Fsp3) is 0.103. The van der Waals surface area contributed by atoms with Crippen LogP contribution in [0.5, 0.6) is 5.75 Å².